The number of thiazole rings is 2. The fraction of sp³-hybridized carbons (Fsp3) is 0.500. The number of fused-ring (bicyclic) bond motifs is 2. The highest BCUT2D eigenvalue weighted by molar-refractivity contribution is 7.16. The summed E-state index contributed by atoms with van der Waals surface area (Å²) >= 11 is 8.99. The number of hydrogen-bond donors (Lipinski definition) is 4. The third-order valence-corrected chi connectivity index (χ3v) is 20.1. The maximum atomic E-state index is 12.4. The zero-order valence-electron chi connectivity index (χ0n) is 57.7. The molecule has 510 valence electrons. The van der Waals surface area contributed by atoms with Gasteiger partial charge in [-0.1, -0.05) is 54.6 Å². The predicted molar refractivity (Wildman–Crippen MR) is 390 cm³/mol. The number of hydrogen-bond acceptors (Lipinski definition) is 20. The van der Waals surface area contributed by atoms with Gasteiger partial charge in [-0.15, -0.1) is 22.7 Å². The van der Waals surface area contributed by atoms with E-state index < -0.39 is 11.2 Å². The molecule has 5 aliphatic heterocycles. The Balaban J connectivity index is 0.000000154. The summed E-state index contributed by atoms with van der Waals surface area (Å²) in [6.07, 6.45) is 8.18. The Morgan fingerprint density at radius 1 is 0.583 bits per heavy atom. The minimum Gasteiger partial charge on any atom is -0.444 e. The van der Waals surface area contributed by atoms with Crippen molar-refractivity contribution in [1.82, 2.24) is 50.3 Å². The van der Waals surface area contributed by atoms with E-state index in [1.165, 1.54) is 70.9 Å². The first kappa shape index (κ1) is 70.1. The summed E-state index contributed by atoms with van der Waals surface area (Å²) in [6, 6.07) is 35.6. The maximum Gasteiger partial charge on any atom is 0.494 e. The van der Waals surface area contributed by atoms with Crippen LogP contribution in [0.1, 0.15) is 146 Å². The molecule has 0 unspecified atom stereocenters. The van der Waals surface area contributed by atoms with Crippen LogP contribution >= 0.6 is 34.3 Å². The molecule has 13 rings (SSSR count). The third-order valence-electron chi connectivity index (χ3n) is 18.5. The lowest BCUT2D eigenvalue weighted by atomic mass is 9.78. The number of benzene rings is 4. The van der Waals surface area contributed by atoms with Gasteiger partial charge in [0.2, 0.25) is 5.28 Å². The molecule has 4 aromatic heterocycles. The second-order valence-electron chi connectivity index (χ2n) is 28.7. The zero-order valence-corrected chi connectivity index (χ0v) is 60.1. The lowest BCUT2D eigenvalue weighted by molar-refractivity contribution is 0.00578. The summed E-state index contributed by atoms with van der Waals surface area (Å²) in [4.78, 5) is 62.0. The van der Waals surface area contributed by atoms with Crippen molar-refractivity contribution >= 4 is 114 Å². The van der Waals surface area contributed by atoms with Crippen molar-refractivity contribution in [2.75, 3.05) is 59.7 Å². The van der Waals surface area contributed by atoms with Gasteiger partial charge in [0.25, 0.3) is 0 Å². The number of likely N-dealkylation sites (tertiary alicyclic amines) is 2. The van der Waals surface area contributed by atoms with Crippen molar-refractivity contribution in [3.05, 3.63) is 124 Å². The van der Waals surface area contributed by atoms with Gasteiger partial charge in [-0.05, 0) is 205 Å². The summed E-state index contributed by atoms with van der Waals surface area (Å²) < 4.78 is 23.4. The number of aromatic nitrogens is 6. The number of piperidine rings is 2. The number of nitrogens with one attached hydrogen (secondary N) is 4. The fourth-order valence-electron chi connectivity index (χ4n) is 12.6. The van der Waals surface area contributed by atoms with E-state index in [1.807, 2.05) is 62.9 Å². The molecule has 0 bridgehead atoms. The monoisotopic (exact) mass is 1360 g/mol. The van der Waals surface area contributed by atoms with Gasteiger partial charge >= 0.3 is 19.3 Å². The second-order valence-corrected chi connectivity index (χ2v) is 30.8. The lowest BCUT2D eigenvalue weighted by Crippen LogP contribution is -2.46. The van der Waals surface area contributed by atoms with Crippen LogP contribution in [0.5, 0.6) is 0 Å². The van der Waals surface area contributed by atoms with Crippen LogP contribution in [0.15, 0.2) is 108 Å². The normalized spacial score (nSPS) is 19.1. The second kappa shape index (κ2) is 30.3. The van der Waals surface area contributed by atoms with E-state index in [9.17, 15) is 9.59 Å². The van der Waals surface area contributed by atoms with E-state index in [4.69, 9.17) is 40.4 Å². The van der Waals surface area contributed by atoms with Crippen LogP contribution in [-0.4, -0.2) is 145 Å². The van der Waals surface area contributed by atoms with Crippen molar-refractivity contribution in [1.29, 1.82) is 0 Å². The quantitative estimate of drug-likeness (QED) is 0.0589. The van der Waals surface area contributed by atoms with Gasteiger partial charge < -0.3 is 59.6 Å². The number of carbonyl (C=O) groups is 2. The molecule has 0 radical (unpaired) electrons. The highest BCUT2D eigenvalue weighted by atomic mass is 35.5. The fourth-order valence-corrected chi connectivity index (χ4v) is 14.1. The van der Waals surface area contributed by atoms with E-state index in [-0.39, 0.29) is 35.8 Å². The molecule has 24 heteroatoms. The van der Waals surface area contributed by atoms with E-state index in [0.29, 0.717) is 54.7 Å². The molecular formula is C72H94BClN14O6S2. The van der Waals surface area contributed by atoms with Gasteiger partial charge in [0.15, 0.2) is 22.3 Å². The Bertz CT molecular complexity index is 3940. The number of nitrogens with zero attached hydrogens (tertiary/aromatic N) is 10. The molecule has 5 saturated heterocycles. The van der Waals surface area contributed by atoms with Crippen molar-refractivity contribution in [3.8, 4) is 11.4 Å². The molecule has 5 fully saturated rings. The highest BCUT2D eigenvalue weighted by Gasteiger charge is 2.51. The maximum absolute atomic E-state index is 12.4. The van der Waals surface area contributed by atoms with Crippen LogP contribution in [0.25, 0.3) is 32.1 Å². The summed E-state index contributed by atoms with van der Waals surface area (Å²) in [5.41, 5.74) is 12.3. The van der Waals surface area contributed by atoms with Crippen molar-refractivity contribution in [2.45, 2.75) is 194 Å². The summed E-state index contributed by atoms with van der Waals surface area (Å²) in [5, 5.41) is 14.4. The molecule has 8 aromatic rings. The molecule has 2 atom stereocenters. The Labute approximate surface area is 579 Å². The van der Waals surface area contributed by atoms with E-state index >= 15 is 0 Å². The molecule has 0 spiro atoms. The van der Waals surface area contributed by atoms with Crippen molar-refractivity contribution in [3.63, 3.8) is 0 Å². The van der Waals surface area contributed by atoms with Crippen LogP contribution < -0.4 is 36.5 Å². The average molecular weight is 1360 g/mol. The van der Waals surface area contributed by atoms with Crippen molar-refractivity contribution in [2.24, 2.45) is 0 Å². The van der Waals surface area contributed by atoms with Crippen LogP contribution in [0.4, 0.5) is 44.0 Å². The Hall–Kier alpha value is -7.25. The minimum atomic E-state index is -0.473. The summed E-state index contributed by atoms with van der Waals surface area (Å²) in [7, 11) is -0.341. The van der Waals surface area contributed by atoms with E-state index in [1.54, 1.807) is 5.51 Å². The van der Waals surface area contributed by atoms with Gasteiger partial charge in [-0.25, -0.2) is 34.5 Å². The van der Waals surface area contributed by atoms with Gasteiger partial charge in [0.1, 0.15) is 27.1 Å². The Morgan fingerprint density at radius 3 is 1.52 bits per heavy atom. The van der Waals surface area contributed by atoms with Crippen LogP contribution in [0.3, 0.4) is 0 Å². The molecule has 20 nitrogen and oxygen atoms in total. The summed E-state index contributed by atoms with van der Waals surface area (Å²) in [5.74, 6) is 2.04. The number of halogens is 1. The third kappa shape index (κ3) is 18.1. The predicted octanol–water partition coefficient (Wildman–Crippen LogP) is 14.9. The molecule has 4 N–H and O–H groups in total. The number of ether oxygens (including phenoxy) is 2. The largest absolute Gasteiger partial charge is 0.494 e. The van der Waals surface area contributed by atoms with Crippen LogP contribution in [0, 0.1) is 0 Å². The molecule has 4 aromatic carbocycles. The van der Waals surface area contributed by atoms with E-state index in [0.717, 1.165) is 108 Å². The van der Waals surface area contributed by atoms with Crippen LogP contribution in [-0.2, 0) is 31.9 Å². The average Bonchev–Trinajstić information content (AvgIpc) is 1.60. The number of rotatable bonds is 14. The number of amides is 2. The molecule has 9 heterocycles. The molecule has 0 saturated carbocycles. The molecule has 5 aliphatic rings. The first-order valence-corrected chi connectivity index (χ1v) is 36.0. The number of anilines is 6. The van der Waals surface area contributed by atoms with Gasteiger partial charge in [-0.3, -0.25) is 0 Å². The van der Waals surface area contributed by atoms with Crippen LogP contribution in [0.2, 0.25) is 5.28 Å². The lowest BCUT2D eigenvalue weighted by Gasteiger charge is -2.33. The first-order valence-electron chi connectivity index (χ1n) is 33.9. The summed E-state index contributed by atoms with van der Waals surface area (Å²) in [6.45, 7) is 30.8. The van der Waals surface area contributed by atoms with Gasteiger partial charge in [0, 0.05) is 105 Å². The minimum absolute atomic E-state index is 0.212. The van der Waals surface area contributed by atoms with Gasteiger partial charge in [-0.2, -0.15) is 4.98 Å². The zero-order chi connectivity index (χ0) is 67.9. The topological polar surface area (TPSA) is 209 Å². The molecule has 2 amide bonds. The number of carbonyl (C=O) groups excluding carboxylic acids is 2. The standard InChI is InChI=1S/C33H41N7O2S.C23H37BN2O4.C16H16ClN5S/c1-22-8-7-15-40(22)27-12-6-11-26(19-27)36-30-28-31(43-21-35-28)38-29(37-30)24-10-5-9-23(18-24)20-34-25-13-16-39(17-14-25)32(41)42-33(2,3)4;1-21(2,3)28-20(27)26-13-11-19(12-14-26)25-16-17-9-8-10-18(15-17)24-29-22(4,5)23(6,7)30-24;1-10-4-3-7-22(10)12-6-2-5-11(8-12)19-14-13-15(23-9-18-13)21-16(17)20-14/h5-6,9-12,18-19,21-22,25,34H,7-8,13-17,20H2,1-4H3,(H,36,37,38);8-10,15,19,25H,11-14,16H2,1-7H3;2,5-6,8-10H,3-4,7H2,1H3,(H,19,20,21)/t22-;;10-/m0.0/s1. The highest BCUT2D eigenvalue weighted by Crippen LogP contribution is 2.38. The molecule has 96 heavy (non-hydrogen) atoms. The smallest absolute Gasteiger partial charge is 0.444 e. The van der Waals surface area contributed by atoms with E-state index in [2.05, 4.69) is 184 Å². The first-order chi connectivity index (χ1) is 45.8. The van der Waals surface area contributed by atoms with Crippen molar-refractivity contribution < 1.29 is 28.4 Å². The Morgan fingerprint density at radius 2 is 1.04 bits per heavy atom. The SMILES string of the molecule is CC(C)(C)OC(=O)N1CCC(NCc2cccc(B3OC(C)(C)C(C)(C)O3)c2)CC1.C[C@H]1CCCN1c1cccc(Nc2nc(-c3cccc(CNC4CCN(C(=O)OC(C)(C)C)CC4)c3)nc3scnc23)c1.C[C@H]1CCCN1c1cccc(Nc2nc(Cl)nc3scnc23)c1. The Kier molecular flexibility index (Phi) is 22.1. The van der Waals surface area contributed by atoms with Gasteiger partial charge in [0.05, 0.1) is 22.2 Å². The molecular weight excluding hydrogens is 1270 g/mol. The molecule has 0 aliphatic carbocycles.